The molecule has 0 aliphatic rings. The highest BCUT2D eigenvalue weighted by atomic mass is 31.2. The molecule has 0 saturated carbocycles. The zero-order valence-corrected chi connectivity index (χ0v) is 13.9. The van der Waals surface area contributed by atoms with Crippen LogP contribution in [0, 0.1) is 0 Å². The summed E-state index contributed by atoms with van der Waals surface area (Å²) in [7, 11) is -3.18. The Balaban J connectivity index is 2.09. The number of benzene rings is 3. The van der Waals surface area contributed by atoms with Gasteiger partial charge in [0.1, 0.15) is 5.75 Å². The van der Waals surface area contributed by atoms with E-state index in [1.165, 1.54) is 24.3 Å². The zero-order valence-electron chi connectivity index (χ0n) is 13.0. The summed E-state index contributed by atoms with van der Waals surface area (Å²) in [6.45, 7) is 0. The highest BCUT2D eigenvalue weighted by Gasteiger charge is 2.32. The average Bonchev–Trinajstić information content (AvgIpc) is 2.62. The van der Waals surface area contributed by atoms with Crippen LogP contribution in [-0.4, -0.2) is 6.36 Å². The molecule has 0 fully saturated rings. The monoisotopic (exact) mass is 362 g/mol. The van der Waals surface area contributed by atoms with Crippen molar-refractivity contribution in [3.8, 4) is 5.75 Å². The SMILES string of the molecule is O=P(c1ccccc1)(c1ccccc1)c1ccc(OC(F)(F)F)cc1. The van der Waals surface area contributed by atoms with Gasteiger partial charge in [-0.1, -0.05) is 60.7 Å². The molecule has 0 aliphatic heterocycles. The number of hydrogen-bond donors (Lipinski definition) is 0. The van der Waals surface area contributed by atoms with Gasteiger partial charge in [-0.05, 0) is 24.3 Å². The number of rotatable bonds is 4. The van der Waals surface area contributed by atoms with Gasteiger partial charge in [0.05, 0.1) is 0 Å². The summed E-state index contributed by atoms with van der Waals surface area (Å²) in [5.41, 5.74) is 0. The molecule has 25 heavy (non-hydrogen) atoms. The maximum atomic E-state index is 14.0. The Kier molecular flexibility index (Phi) is 4.69. The first-order valence-electron chi connectivity index (χ1n) is 7.47. The molecular formula is C19H14F3O2P. The molecule has 0 aromatic heterocycles. The number of ether oxygens (including phenoxy) is 1. The van der Waals surface area contributed by atoms with E-state index in [0.29, 0.717) is 15.9 Å². The summed E-state index contributed by atoms with van der Waals surface area (Å²) >= 11 is 0. The van der Waals surface area contributed by atoms with Gasteiger partial charge < -0.3 is 9.30 Å². The van der Waals surface area contributed by atoms with Crippen molar-refractivity contribution in [2.75, 3.05) is 0 Å². The molecule has 3 aromatic carbocycles. The number of alkyl halides is 3. The van der Waals surface area contributed by atoms with Gasteiger partial charge in [-0.25, -0.2) is 0 Å². The van der Waals surface area contributed by atoms with Crippen molar-refractivity contribution in [2.45, 2.75) is 6.36 Å². The first-order chi connectivity index (χ1) is 11.9. The molecule has 0 spiro atoms. The van der Waals surface area contributed by atoms with Crippen LogP contribution >= 0.6 is 7.14 Å². The average molecular weight is 362 g/mol. The Morgan fingerprint density at radius 2 is 1.04 bits per heavy atom. The fraction of sp³-hybridized carbons (Fsp3) is 0.0526. The van der Waals surface area contributed by atoms with Crippen molar-refractivity contribution in [2.24, 2.45) is 0 Å². The van der Waals surface area contributed by atoms with E-state index in [1.807, 2.05) is 12.1 Å². The van der Waals surface area contributed by atoms with Crippen molar-refractivity contribution < 1.29 is 22.5 Å². The van der Waals surface area contributed by atoms with Gasteiger partial charge >= 0.3 is 6.36 Å². The molecule has 0 saturated heterocycles. The molecule has 128 valence electrons. The van der Waals surface area contributed by atoms with Crippen LogP contribution in [0.25, 0.3) is 0 Å². The lowest BCUT2D eigenvalue weighted by molar-refractivity contribution is -0.274. The quantitative estimate of drug-likeness (QED) is 0.650. The molecule has 3 rings (SSSR count). The predicted molar refractivity (Wildman–Crippen MR) is 92.5 cm³/mol. The maximum Gasteiger partial charge on any atom is 0.573 e. The van der Waals surface area contributed by atoms with E-state index in [0.717, 1.165) is 0 Å². The van der Waals surface area contributed by atoms with E-state index in [-0.39, 0.29) is 5.75 Å². The minimum atomic E-state index is -4.76. The minimum Gasteiger partial charge on any atom is -0.406 e. The standard InChI is InChI=1S/C19H14F3O2P/c20-19(21,22)24-15-11-13-18(14-12-15)25(23,16-7-3-1-4-8-16)17-9-5-2-6-10-17/h1-14H. The van der Waals surface area contributed by atoms with Crippen LogP contribution in [0.1, 0.15) is 0 Å². The summed E-state index contributed by atoms with van der Waals surface area (Å²) in [5.74, 6) is -0.344. The van der Waals surface area contributed by atoms with E-state index < -0.39 is 13.5 Å². The highest BCUT2D eigenvalue weighted by Crippen LogP contribution is 2.42. The summed E-state index contributed by atoms with van der Waals surface area (Å²) in [4.78, 5) is 0. The van der Waals surface area contributed by atoms with Gasteiger partial charge in [-0.15, -0.1) is 13.2 Å². The van der Waals surface area contributed by atoms with Crippen LogP contribution in [0.4, 0.5) is 13.2 Å². The summed E-state index contributed by atoms with van der Waals surface area (Å²) in [6, 6.07) is 23.0. The Bertz CT molecular complexity index is 833. The zero-order chi connectivity index (χ0) is 17.9. The van der Waals surface area contributed by atoms with Gasteiger partial charge in [-0.2, -0.15) is 0 Å². The molecule has 0 heterocycles. The van der Waals surface area contributed by atoms with Crippen LogP contribution in [0.15, 0.2) is 84.9 Å². The first-order valence-corrected chi connectivity index (χ1v) is 9.18. The molecule has 3 aromatic rings. The predicted octanol–water partition coefficient (Wildman–Crippen LogP) is 4.22. The molecule has 0 N–H and O–H groups in total. The van der Waals surface area contributed by atoms with E-state index in [4.69, 9.17) is 0 Å². The van der Waals surface area contributed by atoms with E-state index in [1.54, 1.807) is 48.5 Å². The Labute approximate surface area is 143 Å². The molecule has 0 atom stereocenters. The van der Waals surface area contributed by atoms with Gasteiger partial charge in [0.25, 0.3) is 0 Å². The topological polar surface area (TPSA) is 26.3 Å². The number of halogens is 3. The van der Waals surface area contributed by atoms with E-state index in [2.05, 4.69) is 4.74 Å². The second-order valence-corrected chi connectivity index (χ2v) is 8.09. The Morgan fingerprint density at radius 1 is 0.640 bits per heavy atom. The molecule has 2 nitrogen and oxygen atoms in total. The normalized spacial score (nSPS) is 12.0. The van der Waals surface area contributed by atoms with E-state index in [9.17, 15) is 17.7 Å². The second-order valence-electron chi connectivity index (χ2n) is 5.32. The highest BCUT2D eigenvalue weighted by molar-refractivity contribution is 7.85. The molecule has 6 heteroatoms. The van der Waals surface area contributed by atoms with Gasteiger partial charge in [0.15, 0.2) is 7.14 Å². The summed E-state index contributed by atoms with van der Waals surface area (Å²) < 4.78 is 54.8. The maximum absolute atomic E-state index is 14.0. The Morgan fingerprint density at radius 3 is 1.44 bits per heavy atom. The van der Waals surface area contributed by atoms with Crippen LogP contribution < -0.4 is 20.7 Å². The summed E-state index contributed by atoms with van der Waals surface area (Å²) in [5, 5.41) is 1.68. The van der Waals surface area contributed by atoms with Crippen LogP contribution in [0.5, 0.6) is 5.75 Å². The van der Waals surface area contributed by atoms with E-state index >= 15 is 0 Å². The summed E-state index contributed by atoms with van der Waals surface area (Å²) in [6.07, 6.45) is -4.76. The molecule has 0 amide bonds. The number of hydrogen-bond acceptors (Lipinski definition) is 2. The second kappa shape index (κ2) is 6.77. The van der Waals surface area contributed by atoms with Crippen molar-refractivity contribution in [3.05, 3.63) is 84.9 Å². The smallest absolute Gasteiger partial charge is 0.406 e. The van der Waals surface area contributed by atoms with Crippen molar-refractivity contribution in [1.82, 2.24) is 0 Å². The molecular weight excluding hydrogens is 348 g/mol. The lowest BCUT2D eigenvalue weighted by Crippen LogP contribution is -2.25. The van der Waals surface area contributed by atoms with Crippen LogP contribution in [0.2, 0.25) is 0 Å². The third-order valence-electron chi connectivity index (χ3n) is 3.67. The van der Waals surface area contributed by atoms with Crippen molar-refractivity contribution >= 4 is 23.1 Å². The Hall–Kier alpha value is -2.52. The van der Waals surface area contributed by atoms with Crippen molar-refractivity contribution in [3.63, 3.8) is 0 Å². The fourth-order valence-electron chi connectivity index (χ4n) is 2.58. The molecule has 0 unspecified atom stereocenters. The van der Waals surface area contributed by atoms with Gasteiger partial charge in [0, 0.05) is 15.9 Å². The van der Waals surface area contributed by atoms with Crippen molar-refractivity contribution in [1.29, 1.82) is 0 Å². The lowest BCUT2D eigenvalue weighted by Gasteiger charge is -2.20. The van der Waals surface area contributed by atoms with Crippen LogP contribution in [0.3, 0.4) is 0 Å². The van der Waals surface area contributed by atoms with Crippen LogP contribution in [-0.2, 0) is 4.57 Å². The third kappa shape index (κ3) is 3.77. The first kappa shape index (κ1) is 17.3. The lowest BCUT2D eigenvalue weighted by atomic mass is 10.3. The van der Waals surface area contributed by atoms with Gasteiger partial charge in [0.2, 0.25) is 0 Å². The molecule has 0 bridgehead atoms. The molecule has 0 radical (unpaired) electrons. The minimum absolute atomic E-state index is 0.344. The van der Waals surface area contributed by atoms with Gasteiger partial charge in [-0.3, -0.25) is 0 Å². The fourth-order valence-corrected chi connectivity index (χ4v) is 5.23. The molecule has 0 aliphatic carbocycles. The third-order valence-corrected chi connectivity index (χ3v) is 6.75. The largest absolute Gasteiger partial charge is 0.573 e.